The molecule has 0 spiro atoms. The lowest BCUT2D eigenvalue weighted by Crippen LogP contribution is -2.13. The zero-order chi connectivity index (χ0) is 14.4. The van der Waals surface area contributed by atoms with Crippen LogP contribution in [0.1, 0.15) is 16.8 Å². The summed E-state index contributed by atoms with van der Waals surface area (Å²) in [5.74, 6) is -0.934. The number of rotatable bonds is 5. The van der Waals surface area contributed by atoms with Crippen LogP contribution in [0.3, 0.4) is 0 Å². The van der Waals surface area contributed by atoms with E-state index in [1.807, 2.05) is 19.0 Å². The fraction of sp³-hybridized carbons (Fsp3) is 0.385. The highest BCUT2D eigenvalue weighted by Crippen LogP contribution is 2.22. The van der Waals surface area contributed by atoms with Gasteiger partial charge in [-0.1, -0.05) is 0 Å². The van der Waals surface area contributed by atoms with E-state index >= 15 is 0 Å². The van der Waals surface area contributed by atoms with Crippen molar-refractivity contribution in [3.05, 3.63) is 23.8 Å². The fourth-order valence-electron chi connectivity index (χ4n) is 1.50. The van der Waals surface area contributed by atoms with E-state index in [4.69, 9.17) is 10.5 Å². The molecule has 0 radical (unpaired) electrons. The zero-order valence-corrected chi connectivity index (χ0v) is 11.3. The number of carbonyl (C=O) groups is 2. The van der Waals surface area contributed by atoms with Crippen LogP contribution in [-0.4, -0.2) is 39.8 Å². The average Bonchev–Trinajstić information content (AvgIpc) is 2.37. The molecular formula is C13H18N2O4. The number of anilines is 2. The van der Waals surface area contributed by atoms with E-state index in [0.717, 1.165) is 5.69 Å². The Balaban J connectivity index is 2.63. The maximum Gasteiger partial charge on any atom is 0.338 e. The minimum absolute atomic E-state index is 0.0131. The summed E-state index contributed by atoms with van der Waals surface area (Å²) in [5.41, 5.74) is 7.51. The number of methoxy groups -OCH3 is 1. The Labute approximate surface area is 112 Å². The highest BCUT2D eigenvalue weighted by Gasteiger charge is 2.11. The molecule has 0 saturated heterocycles. The molecule has 0 aliphatic heterocycles. The summed E-state index contributed by atoms with van der Waals surface area (Å²) in [6.45, 7) is -0.0131. The van der Waals surface area contributed by atoms with Crippen molar-refractivity contribution < 1.29 is 19.1 Å². The highest BCUT2D eigenvalue weighted by atomic mass is 16.5. The number of hydrogen-bond acceptors (Lipinski definition) is 6. The summed E-state index contributed by atoms with van der Waals surface area (Å²) in [7, 11) is 5.00. The topological polar surface area (TPSA) is 81.9 Å². The second-order valence-corrected chi connectivity index (χ2v) is 4.13. The molecule has 19 heavy (non-hydrogen) atoms. The van der Waals surface area contributed by atoms with Crippen LogP contribution in [0.15, 0.2) is 18.2 Å². The molecule has 0 fully saturated rings. The first-order valence-corrected chi connectivity index (χ1v) is 5.76. The van der Waals surface area contributed by atoms with Crippen molar-refractivity contribution in [2.75, 3.05) is 38.4 Å². The molecule has 1 aromatic carbocycles. The molecule has 0 saturated carbocycles. The monoisotopic (exact) mass is 266 g/mol. The molecule has 0 aliphatic carbocycles. The molecule has 0 amide bonds. The van der Waals surface area contributed by atoms with Gasteiger partial charge in [0.15, 0.2) is 0 Å². The summed E-state index contributed by atoms with van der Waals surface area (Å²) in [6.07, 6.45) is 0.0352. The number of carbonyl (C=O) groups excluding carboxylic acids is 2. The van der Waals surface area contributed by atoms with E-state index < -0.39 is 11.9 Å². The van der Waals surface area contributed by atoms with Gasteiger partial charge in [-0.3, -0.25) is 4.79 Å². The van der Waals surface area contributed by atoms with E-state index in [-0.39, 0.29) is 13.0 Å². The van der Waals surface area contributed by atoms with Gasteiger partial charge in [-0.05, 0) is 18.2 Å². The Bertz CT molecular complexity index is 472. The van der Waals surface area contributed by atoms with Crippen LogP contribution in [0.25, 0.3) is 0 Å². The number of nitrogens with zero attached hydrogens (tertiary/aromatic N) is 1. The molecule has 1 rings (SSSR count). The molecule has 104 valence electrons. The number of esters is 2. The molecule has 0 aliphatic rings. The third kappa shape index (κ3) is 4.17. The first-order valence-electron chi connectivity index (χ1n) is 5.76. The summed E-state index contributed by atoms with van der Waals surface area (Å²) in [5, 5.41) is 0. The van der Waals surface area contributed by atoms with Gasteiger partial charge in [-0.25, -0.2) is 4.79 Å². The molecule has 6 nitrogen and oxygen atoms in total. The first-order chi connectivity index (χ1) is 8.95. The summed E-state index contributed by atoms with van der Waals surface area (Å²) >= 11 is 0. The molecule has 0 atom stereocenters. The predicted octanol–water partition coefficient (Wildman–Crippen LogP) is 1.05. The van der Waals surface area contributed by atoms with Crippen LogP contribution in [0, 0.1) is 0 Å². The predicted molar refractivity (Wildman–Crippen MR) is 72.1 cm³/mol. The lowest BCUT2D eigenvalue weighted by atomic mass is 10.1. The van der Waals surface area contributed by atoms with Gasteiger partial charge in [0.2, 0.25) is 0 Å². The summed E-state index contributed by atoms with van der Waals surface area (Å²) < 4.78 is 9.39. The van der Waals surface area contributed by atoms with E-state index in [9.17, 15) is 9.59 Å². The van der Waals surface area contributed by atoms with Gasteiger partial charge in [-0.2, -0.15) is 0 Å². The van der Waals surface area contributed by atoms with Crippen LogP contribution in [0.4, 0.5) is 11.4 Å². The van der Waals surface area contributed by atoms with E-state index in [0.29, 0.717) is 11.3 Å². The van der Waals surface area contributed by atoms with E-state index in [1.165, 1.54) is 7.11 Å². The smallest absolute Gasteiger partial charge is 0.338 e. The minimum Gasteiger partial charge on any atom is -0.469 e. The van der Waals surface area contributed by atoms with Gasteiger partial charge in [0.1, 0.15) is 6.61 Å². The quantitative estimate of drug-likeness (QED) is 0.633. The van der Waals surface area contributed by atoms with Crippen LogP contribution in [0.5, 0.6) is 0 Å². The van der Waals surface area contributed by atoms with Crippen molar-refractivity contribution in [2.24, 2.45) is 0 Å². The third-order valence-corrected chi connectivity index (χ3v) is 2.51. The normalized spacial score (nSPS) is 9.84. The van der Waals surface area contributed by atoms with Gasteiger partial charge in [-0.15, -0.1) is 0 Å². The van der Waals surface area contributed by atoms with Crippen LogP contribution in [-0.2, 0) is 14.3 Å². The number of benzene rings is 1. The summed E-state index contributed by atoms with van der Waals surface area (Å²) in [6, 6.07) is 4.92. The second kappa shape index (κ2) is 6.63. The number of hydrogen-bond donors (Lipinski definition) is 1. The number of nitrogens with two attached hydrogens (primary N) is 1. The molecule has 1 aromatic rings. The second-order valence-electron chi connectivity index (χ2n) is 4.13. The molecule has 0 bridgehead atoms. The van der Waals surface area contributed by atoms with Crippen molar-refractivity contribution in [2.45, 2.75) is 6.42 Å². The van der Waals surface area contributed by atoms with Crippen LogP contribution in [0.2, 0.25) is 0 Å². The SMILES string of the molecule is COC(=O)CCOC(=O)c1ccc(N(C)C)c(N)c1. The van der Waals surface area contributed by atoms with Crippen molar-refractivity contribution in [1.29, 1.82) is 0 Å². The van der Waals surface area contributed by atoms with E-state index in [2.05, 4.69) is 4.74 Å². The van der Waals surface area contributed by atoms with Crippen molar-refractivity contribution >= 4 is 23.3 Å². The molecule has 0 aromatic heterocycles. The third-order valence-electron chi connectivity index (χ3n) is 2.51. The van der Waals surface area contributed by atoms with Gasteiger partial charge in [0.05, 0.1) is 30.5 Å². The van der Waals surface area contributed by atoms with Crippen LogP contribution >= 0.6 is 0 Å². The lowest BCUT2D eigenvalue weighted by Gasteiger charge is -2.15. The van der Waals surface area contributed by atoms with E-state index in [1.54, 1.807) is 18.2 Å². The van der Waals surface area contributed by atoms with Gasteiger partial charge in [0.25, 0.3) is 0 Å². The van der Waals surface area contributed by atoms with Gasteiger partial charge in [0, 0.05) is 14.1 Å². The zero-order valence-electron chi connectivity index (χ0n) is 11.3. The Morgan fingerprint density at radius 3 is 2.53 bits per heavy atom. The Hall–Kier alpha value is -2.24. The number of ether oxygens (including phenoxy) is 2. The molecule has 6 heteroatoms. The Kier molecular flexibility index (Phi) is 5.17. The average molecular weight is 266 g/mol. The Morgan fingerprint density at radius 1 is 1.32 bits per heavy atom. The van der Waals surface area contributed by atoms with Gasteiger partial charge >= 0.3 is 11.9 Å². The lowest BCUT2D eigenvalue weighted by molar-refractivity contribution is -0.141. The van der Waals surface area contributed by atoms with Gasteiger partial charge < -0.3 is 20.1 Å². The van der Waals surface area contributed by atoms with Crippen molar-refractivity contribution in [3.63, 3.8) is 0 Å². The molecule has 0 unspecified atom stereocenters. The molecule has 0 heterocycles. The molecular weight excluding hydrogens is 248 g/mol. The maximum absolute atomic E-state index is 11.7. The first kappa shape index (κ1) is 14.8. The minimum atomic E-state index is -0.513. The largest absolute Gasteiger partial charge is 0.469 e. The maximum atomic E-state index is 11.7. The standard InChI is InChI=1S/C13H18N2O4/c1-15(2)11-5-4-9(8-10(11)14)13(17)19-7-6-12(16)18-3/h4-5,8H,6-7,14H2,1-3H3. The van der Waals surface area contributed by atoms with Crippen molar-refractivity contribution in [1.82, 2.24) is 0 Å². The Morgan fingerprint density at radius 2 is 2.00 bits per heavy atom. The highest BCUT2D eigenvalue weighted by molar-refractivity contribution is 5.92. The van der Waals surface area contributed by atoms with Crippen LogP contribution < -0.4 is 10.6 Å². The number of nitrogen functional groups attached to an aromatic ring is 1. The summed E-state index contributed by atoms with van der Waals surface area (Å²) in [4.78, 5) is 24.4. The van der Waals surface area contributed by atoms with Crippen molar-refractivity contribution in [3.8, 4) is 0 Å². The fourth-order valence-corrected chi connectivity index (χ4v) is 1.50. The molecule has 2 N–H and O–H groups in total.